The SMILES string of the molecule is CN=CC(=CN)Nc1ncc(C#N)c(NC2CC3CN(C(=O)CC#N)CC3C2)n1. The molecular formula is C19H23N9O. The maximum absolute atomic E-state index is 11.9. The summed E-state index contributed by atoms with van der Waals surface area (Å²) in [6.07, 6.45) is 6.08. The van der Waals surface area contributed by atoms with Crippen molar-refractivity contribution in [3.8, 4) is 12.1 Å². The van der Waals surface area contributed by atoms with Crippen LogP contribution >= 0.6 is 0 Å². The number of likely N-dealkylation sites (tertiary alicyclic amines) is 1. The lowest BCUT2D eigenvalue weighted by Crippen LogP contribution is -2.30. The van der Waals surface area contributed by atoms with Gasteiger partial charge in [0.05, 0.1) is 18.0 Å². The van der Waals surface area contributed by atoms with Gasteiger partial charge in [0.2, 0.25) is 11.9 Å². The average molecular weight is 393 g/mol. The van der Waals surface area contributed by atoms with Crippen molar-refractivity contribution in [2.24, 2.45) is 22.6 Å². The summed E-state index contributed by atoms with van der Waals surface area (Å²) in [6.45, 7) is 1.37. The van der Waals surface area contributed by atoms with Crippen LogP contribution in [-0.4, -0.2) is 53.2 Å². The molecule has 2 aliphatic rings. The lowest BCUT2D eigenvalue weighted by atomic mass is 10.0. The maximum atomic E-state index is 11.9. The molecular weight excluding hydrogens is 370 g/mol. The number of nitriles is 2. The standard InChI is InChI=1S/C19H23N9O/c1-23-9-16(7-22)26-19-24-8-14(6-21)18(27-19)25-15-4-12-10-28(11-13(12)5-15)17(29)2-3-20/h7-9,12-13,15H,2,4-5,10-11,22H2,1H3,(H2,24,25,26,27). The minimum Gasteiger partial charge on any atom is -0.403 e. The molecule has 1 saturated carbocycles. The van der Waals surface area contributed by atoms with E-state index < -0.39 is 0 Å². The number of rotatable bonds is 6. The van der Waals surface area contributed by atoms with E-state index in [0.29, 0.717) is 48.0 Å². The highest BCUT2D eigenvalue weighted by Gasteiger charge is 2.42. The van der Waals surface area contributed by atoms with Crippen LogP contribution in [0.1, 0.15) is 24.8 Å². The molecule has 2 atom stereocenters. The second-order valence-corrected chi connectivity index (χ2v) is 7.17. The number of aromatic nitrogens is 2. The smallest absolute Gasteiger partial charge is 0.236 e. The van der Waals surface area contributed by atoms with Gasteiger partial charge < -0.3 is 21.3 Å². The lowest BCUT2D eigenvalue weighted by molar-refractivity contribution is -0.129. The molecule has 29 heavy (non-hydrogen) atoms. The van der Waals surface area contributed by atoms with Crippen LogP contribution < -0.4 is 16.4 Å². The van der Waals surface area contributed by atoms with Gasteiger partial charge in [-0.1, -0.05) is 0 Å². The van der Waals surface area contributed by atoms with Crippen LogP contribution in [0.4, 0.5) is 11.8 Å². The van der Waals surface area contributed by atoms with E-state index in [1.807, 2.05) is 6.07 Å². The quantitative estimate of drug-likeness (QED) is 0.600. The van der Waals surface area contributed by atoms with E-state index >= 15 is 0 Å². The lowest BCUT2D eigenvalue weighted by Gasteiger charge is -2.20. The third-order valence-corrected chi connectivity index (χ3v) is 5.29. The van der Waals surface area contributed by atoms with Crippen molar-refractivity contribution >= 4 is 23.9 Å². The van der Waals surface area contributed by atoms with Crippen molar-refractivity contribution in [3.05, 3.63) is 23.7 Å². The van der Waals surface area contributed by atoms with Crippen molar-refractivity contribution in [1.29, 1.82) is 10.5 Å². The zero-order chi connectivity index (χ0) is 20.8. The maximum Gasteiger partial charge on any atom is 0.236 e. The van der Waals surface area contributed by atoms with Crippen LogP contribution in [-0.2, 0) is 4.79 Å². The van der Waals surface area contributed by atoms with Crippen LogP contribution in [0.3, 0.4) is 0 Å². The van der Waals surface area contributed by atoms with Gasteiger partial charge in [0, 0.05) is 38.6 Å². The first-order valence-corrected chi connectivity index (χ1v) is 9.37. The van der Waals surface area contributed by atoms with Gasteiger partial charge in [-0.3, -0.25) is 9.79 Å². The number of hydrogen-bond acceptors (Lipinski definition) is 9. The van der Waals surface area contributed by atoms with E-state index in [4.69, 9.17) is 11.0 Å². The molecule has 0 bridgehead atoms. The van der Waals surface area contributed by atoms with E-state index in [1.54, 1.807) is 18.2 Å². The number of nitrogens with one attached hydrogen (secondary N) is 2. The summed E-state index contributed by atoms with van der Waals surface area (Å²) in [4.78, 5) is 26.2. The van der Waals surface area contributed by atoms with Crippen molar-refractivity contribution in [2.45, 2.75) is 25.3 Å². The summed E-state index contributed by atoms with van der Waals surface area (Å²) in [5, 5.41) is 24.4. The van der Waals surface area contributed by atoms with Crippen molar-refractivity contribution < 1.29 is 4.79 Å². The molecule has 1 aromatic rings. The van der Waals surface area contributed by atoms with Crippen LogP contribution in [0.15, 0.2) is 23.1 Å². The summed E-state index contributed by atoms with van der Waals surface area (Å²) in [5.41, 5.74) is 6.46. The molecule has 10 heteroatoms. The molecule has 1 amide bonds. The second kappa shape index (κ2) is 9.02. The van der Waals surface area contributed by atoms with E-state index in [1.165, 1.54) is 12.4 Å². The number of fused-ring (bicyclic) bond motifs is 1. The highest BCUT2D eigenvalue weighted by molar-refractivity contribution is 5.82. The molecule has 0 radical (unpaired) electrons. The van der Waals surface area contributed by atoms with Gasteiger partial charge >= 0.3 is 0 Å². The van der Waals surface area contributed by atoms with Crippen molar-refractivity contribution in [2.75, 3.05) is 30.8 Å². The number of hydrogen-bond donors (Lipinski definition) is 3. The Morgan fingerprint density at radius 2 is 2.14 bits per heavy atom. The predicted molar refractivity (Wildman–Crippen MR) is 107 cm³/mol. The molecule has 0 spiro atoms. The summed E-state index contributed by atoms with van der Waals surface area (Å²) in [7, 11) is 1.63. The summed E-state index contributed by atoms with van der Waals surface area (Å²) in [6, 6.07) is 4.19. The Morgan fingerprint density at radius 1 is 1.41 bits per heavy atom. The van der Waals surface area contributed by atoms with E-state index in [9.17, 15) is 10.1 Å². The largest absolute Gasteiger partial charge is 0.403 e. The van der Waals surface area contributed by atoms with E-state index in [-0.39, 0.29) is 18.4 Å². The summed E-state index contributed by atoms with van der Waals surface area (Å²) in [5.74, 6) is 1.48. The fraction of sp³-hybridized carbons (Fsp3) is 0.474. The van der Waals surface area contributed by atoms with Gasteiger partial charge in [-0.15, -0.1) is 0 Å². The molecule has 2 heterocycles. The minimum atomic E-state index is -0.0935. The normalized spacial score (nSPS) is 23.5. The monoisotopic (exact) mass is 393 g/mol. The van der Waals surface area contributed by atoms with Crippen LogP contribution in [0.25, 0.3) is 0 Å². The van der Waals surface area contributed by atoms with E-state index in [2.05, 4.69) is 31.7 Å². The molecule has 3 rings (SSSR count). The zero-order valence-electron chi connectivity index (χ0n) is 16.2. The minimum absolute atomic E-state index is 0.0642. The Hall–Kier alpha value is -3.66. The highest BCUT2D eigenvalue weighted by atomic mass is 16.2. The molecule has 1 aromatic heterocycles. The van der Waals surface area contributed by atoms with Gasteiger partial charge in [0.25, 0.3) is 0 Å². The predicted octanol–water partition coefficient (Wildman–Crippen LogP) is 0.823. The van der Waals surface area contributed by atoms with Crippen LogP contribution in [0.5, 0.6) is 0 Å². The number of nitrogens with two attached hydrogens (primary N) is 1. The third kappa shape index (κ3) is 4.61. The zero-order valence-corrected chi connectivity index (χ0v) is 16.2. The van der Waals surface area contributed by atoms with Gasteiger partial charge in [0.15, 0.2) is 0 Å². The number of carbonyl (C=O) groups is 1. The molecule has 4 N–H and O–H groups in total. The van der Waals surface area contributed by atoms with E-state index in [0.717, 1.165) is 12.8 Å². The van der Waals surface area contributed by atoms with Gasteiger partial charge in [-0.2, -0.15) is 15.5 Å². The van der Waals surface area contributed by atoms with Crippen LogP contribution in [0, 0.1) is 34.5 Å². The van der Waals surface area contributed by atoms with Gasteiger partial charge in [-0.05, 0) is 24.7 Å². The average Bonchev–Trinajstić information content (AvgIpc) is 3.27. The number of nitrogens with zero attached hydrogens (tertiary/aromatic N) is 6. The number of aliphatic imine (C=N–C) groups is 1. The highest BCUT2D eigenvalue weighted by Crippen LogP contribution is 2.39. The van der Waals surface area contributed by atoms with Gasteiger partial charge in [0.1, 0.15) is 23.9 Å². The van der Waals surface area contributed by atoms with Crippen LogP contribution in [0.2, 0.25) is 0 Å². The summed E-state index contributed by atoms with van der Waals surface area (Å²) >= 11 is 0. The molecule has 0 aromatic carbocycles. The Kier molecular flexibility index (Phi) is 6.25. The Labute approximate surface area is 169 Å². The third-order valence-electron chi connectivity index (χ3n) is 5.29. The number of amides is 1. The topological polar surface area (TPSA) is 156 Å². The molecule has 10 nitrogen and oxygen atoms in total. The first-order valence-electron chi connectivity index (χ1n) is 9.37. The number of carbonyl (C=O) groups excluding carboxylic acids is 1. The molecule has 150 valence electrons. The molecule has 1 aliphatic carbocycles. The fourth-order valence-electron chi connectivity index (χ4n) is 4.01. The number of allylic oxidation sites excluding steroid dienone is 1. The Morgan fingerprint density at radius 3 is 2.72 bits per heavy atom. The molecule has 2 fully saturated rings. The molecule has 1 saturated heterocycles. The molecule has 2 unspecified atom stereocenters. The van der Waals surface area contributed by atoms with Crippen molar-refractivity contribution in [3.63, 3.8) is 0 Å². The second-order valence-electron chi connectivity index (χ2n) is 7.17. The van der Waals surface area contributed by atoms with Crippen molar-refractivity contribution in [1.82, 2.24) is 14.9 Å². The molecule has 1 aliphatic heterocycles. The first-order chi connectivity index (χ1) is 14.1. The Bertz CT molecular complexity index is 897. The number of anilines is 2. The summed E-state index contributed by atoms with van der Waals surface area (Å²) < 4.78 is 0. The first kappa shape index (κ1) is 20.1. The fourth-order valence-corrected chi connectivity index (χ4v) is 4.01. The van der Waals surface area contributed by atoms with Gasteiger partial charge in [-0.25, -0.2) is 4.98 Å². The Balaban J connectivity index is 1.65.